The zero-order valence-electron chi connectivity index (χ0n) is 15.6. The van der Waals surface area contributed by atoms with Crippen molar-refractivity contribution >= 4 is 47.1 Å². The van der Waals surface area contributed by atoms with E-state index in [0.29, 0.717) is 0 Å². The fourth-order valence-electron chi connectivity index (χ4n) is 2.12. The summed E-state index contributed by atoms with van der Waals surface area (Å²) in [6, 6.07) is 0. The Morgan fingerprint density at radius 1 is 0.760 bits per heavy atom. The lowest BCUT2D eigenvalue weighted by atomic mass is 10.2. The molecule has 25 heavy (non-hydrogen) atoms. The van der Waals surface area contributed by atoms with E-state index in [1.807, 2.05) is 0 Å². The van der Waals surface area contributed by atoms with Crippen LogP contribution in [0.1, 0.15) is 59.3 Å². The maximum atomic E-state index is 10.4. The molecule has 0 rings (SSSR count). The lowest BCUT2D eigenvalue weighted by Gasteiger charge is -2.34. The van der Waals surface area contributed by atoms with E-state index < -0.39 is 17.9 Å². The molecule has 0 aliphatic heterocycles. The number of unbranched alkanes of at least 4 members (excludes halogenated alkanes) is 3. The fraction of sp³-hybridized carbons (Fsp3) is 1.00. The highest BCUT2D eigenvalue weighted by atomic mass is 79.9. The van der Waals surface area contributed by atoms with Gasteiger partial charge >= 0.3 is 15.2 Å². The molecule has 0 aromatic carbocycles. The molecule has 11 heteroatoms. The summed E-state index contributed by atoms with van der Waals surface area (Å²) in [5.74, 6) is 0. The first kappa shape index (κ1) is 28.4. The van der Waals surface area contributed by atoms with Crippen molar-refractivity contribution in [3.63, 3.8) is 0 Å². The van der Waals surface area contributed by atoms with Gasteiger partial charge in [0.1, 0.15) is 0 Å². The van der Waals surface area contributed by atoms with Crippen LogP contribution in [0.25, 0.3) is 0 Å². The lowest BCUT2D eigenvalue weighted by Crippen LogP contribution is -2.46. The zero-order chi connectivity index (χ0) is 20.4. The summed E-state index contributed by atoms with van der Waals surface area (Å²) in [4.78, 5) is 33.6. The number of quaternary nitrogens is 1. The number of halogens is 2. The average molecular weight is 534 g/mol. The predicted octanol–water partition coefficient (Wildman–Crippen LogP) is 4.58. The molecule has 0 unspecified atom stereocenters. The highest BCUT2D eigenvalue weighted by molar-refractivity contribution is 9.29. The topological polar surface area (TPSA) is 115 Å². The minimum atomic E-state index is -4.92. The Labute approximate surface area is 168 Å². The molecular weight excluding hydrogens is 500 g/mol. The minimum absolute atomic E-state index is 1.32. The molecule has 7 nitrogen and oxygen atoms in total. The molecule has 0 aromatic heterocycles. The van der Waals surface area contributed by atoms with E-state index in [-0.39, 0.29) is 0 Å². The molecule has 154 valence electrons. The van der Waals surface area contributed by atoms with Crippen molar-refractivity contribution in [3.05, 3.63) is 0 Å². The normalized spacial score (nSPS) is 13.4. The summed E-state index contributed by atoms with van der Waals surface area (Å²) in [6.07, 6.45) is 8.20. The Morgan fingerprint density at radius 3 is 1.12 bits per heavy atom. The summed E-state index contributed by atoms with van der Waals surface area (Å²) in [7, 11) is -7.39. The number of alkyl halides is 2. The Kier molecular flexibility index (Phi) is 14.4. The third kappa shape index (κ3) is 11.6. The Hall–Kier alpha value is 1.22. The first-order valence-corrected chi connectivity index (χ1v) is 13.3. The fourth-order valence-corrected chi connectivity index (χ4v) is 3.48. The van der Waals surface area contributed by atoms with E-state index in [1.54, 1.807) is 0 Å². The van der Waals surface area contributed by atoms with Gasteiger partial charge in [-0.3, -0.25) is 9.13 Å². The van der Waals surface area contributed by atoms with Gasteiger partial charge in [0, 0.05) is 0 Å². The second-order valence-electron chi connectivity index (χ2n) is 6.45. The van der Waals surface area contributed by atoms with Gasteiger partial charge in [-0.15, -0.1) is 0 Å². The molecular formula is C14H34Br2NO6P2+. The smallest absolute Gasteiger partial charge is 0.326 e. The van der Waals surface area contributed by atoms with Gasteiger partial charge in [-0.05, 0) is 51.1 Å². The molecule has 0 fully saturated rings. The van der Waals surface area contributed by atoms with Gasteiger partial charge in [-0.25, -0.2) is 0 Å². The summed E-state index contributed by atoms with van der Waals surface area (Å²) in [5.41, 5.74) is 0. The number of hydrogen-bond acceptors (Lipinski definition) is 2. The van der Waals surface area contributed by atoms with Crippen molar-refractivity contribution in [1.82, 2.24) is 0 Å². The van der Waals surface area contributed by atoms with Crippen LogP contribution in [0.5, 0.6) is 0 Å². The van der Waals surface area contributed by atoms with Crippen molar-refractivity contribution in [3.8, 4) is 0 Å². The summed E-state index contributed by atoms with van der Waals surface area (Å²) in [5, 5.41) is 0. The first-order chi connectivity index (χ1) is 11.2. The average Bonchev–Trinajstić information content (AvgIpc) is 2.47. The van der Waals surface area contributed by atoms with E-state index in [4.69, 9.17) is 19.6 Å². The van der Waals surface area contributed by atoms with Crippen LogP contribution >= 0.6 is 47.1 Å². The standard InChI is InChI=1S/C13H30N.CH4Br2O6P2/c1-5-8-11-14(4,12-9-6-2)13-10-7-3;2-1(3,10(4,5)6)11(7,8)9/h5-13H2,1-4H3;(H2,4,5,6)(H2,7,8,9)/q+1;. The molecule has 0 saturated carbocycles. The molecule has 0 spiro atoms. The SMILES string of the molecule is CCCC[N+](C)(CCCC)CCCC.O=P(O)(O)C(Br)(Br)P(=O)(O)O. The van der Waals surface area contributed by atoms with Gasteiger partial charge in [-0.1, -0.05) is 40.0 Å². The maximum absolute atomic E-state index is 10.4. The Bertz CT molecular complexity index is 407. The van der Waals surface area contributed by atoms with Crippen molar-refractivity contribution in [2.45, 2.75) is 62.0 Å². The van der Waals surface area contributed by atoms with Crippen LogP contribution in [-0.2, 0) is 9.13 Å². The second kappa shape index (κ2) is 12.6. The van der Waals surface area contributed by atoms with Gasteiger partial charge in [0.25, 0.3) is 2.72 Å². The van der Waals surface area contributed by atoms with E-state index in [0.717, 1.165) is 0 Å². The van der Waals surface area contributed by atoms with Gasteiger partial charge in [0.2, 0.25) is 0 Å². The quantitative estimate of drug-likeness (QED) is 0.175. The molecule has 4 N–H and O–H groups in total. The third-order valence-corrected chi connectivity index (χ3v) is 12.4. The zero-order valence-corrected chi connectivity index (χ0v) is 20.5. The van der Waals surface area contributed by atoms with E-state index in [1.165, 1.54) is 62.6 Å². The van der Waals surface area contributed by atoms with Crippen molar-refractivity contribution in [1.29, 1.82) is 0 Å². The maximum Gasteiger partial charge on any atom is 0.365 e. The van der Waals surface area contributed by atoms with Crippen LogP contribution in [0.2, 0.25) is 0 Å². The summed E-state index contributed by atoms with van der Waals surface area (Å²) < 4.78 is 19.5. The molecule has 0 saturated heterocycles. The molecule has 0 atom stereocenters. The Balaban J connectivity index is 0. The highest BCUT2D eigenvalue weighted by Gasteiger charge is 2.56. The first-order valence-electron chi connectivity index (χ1n) is 8.51. The monoisotopic (exact) mass is 532 g/mol. The van der Waals surface area contributed by atoms with Gasteiger partial charge in [0.15, 0.2) is 0 Å². The van der Waals surface area contributed by atoms with Crippen LogP contribution in [0.4, 0.5) is 0 Å². The summed E-state index contributed by atoms with van der Waals surface area (Å²) in [6.45, 7) is 11.0. The third-order valence-electron chi connectivity index (χ3n) is 3.86. The minimum Gasteiger partial charge on any atom is -0.326 e. The molecule has 0 bridgehead atoms. The number of hydrogen-bond donors (Lipinski definition) is 4. The van der Waals surface area contributed by atoms with Gasteiger partial charge in [0.05, 0.1) is 26.7 Å². The Morgan fingerprint density at radius 2 is 1.00 bits per heavy atom. The van der Waals surface area contributed by atoms with Crippen molar-refractivity contribution in [2.75, 3.05) is 26.7 Å². The van der Waals surface area contributed by atoms with Crippen LogP contribution in [0.15, 0.2) is 0 Å². The largest absolute Gasteiger partial charge is 0.365 e. The molecule has 0 aliphatic carbocycles. The molecule has 0 amide bonds. The van der Waals surface area contributed by atoms with Crippen molar-refractivity contribution < 1.29 is 33.2 Å². The molecule has 0 radical (unpaired) electrons. The van der Waals surface area contributed by atoms with Crippen LogP contribution in [0, 0.1) is 0 Å². The van der Waals surface area contributed by atoms with Crippen LogP contribution in [0.3, 0.4) is 0 Å². The number of rotatable bonds is 11. The van der Waals surface area contributed by atoms with E-state index >= 15 is 0 Å². The van der Waals surface area contributed by atoms with Gasteiger partial charge < -0.3 is 24.1 Å². The van der Waals surface area contributed by atoms with Crippen molar-refractivity contribution in [2.24, 2.45) is 0 Å². The van der Waals surface area contributed by atoms with Gasteiger partial charge in [-0.2, -0.15) is 0 Å². The molecule has 0 aliphatic rings. The molecule has 0 heterocycles. The number of nitrogens with zero attached hydrogens (tertiary/aromatic N) is 1. The summed E-state index contributed by atoms with van der Waals surface area (Å²) >= 11 is 4.43. The van der Waals surface area contributed by atoms with Crippen LogP contribution < -0.4 is 0 Å². The molecule has 0 aromatic rings. The highest BCUT2D eigenvalue weighted by Crippen LogP contribution is 2.75. The predicted molar refractivity (Wildman–Crippen MR) is 110 cm³/mol. The lowest BCUT2D eigenvalue weighted by molar-refractivity contribution is -0.910. The van der Waals surface area contributed by atoms with E-state index in [2.05, 4.69) is 59.7 Å². The van der Waals surface area contributed by atoms with E-state index in [9.17, 15) is 9.13 Å². The second-order valence-corrected chi connectivity index (χ2v) is 16.2. The van der Waals surface area contributed by atoms with Crippen LogP contribution in [-0.4, -0.2) is 53.5 Å².